The van der Waals surface area contributed by atoms with E-state index >= 15 is 0 Å². The summed E-state index contributed by atoms with van der Waals surface area (Å²) in [5.74, 6) is 0.705. The Morgan fingerprint density at radius 3 is 3.00 bits per heavy atom. The van der Waals surface area contributed by atoms with Crippen LogP contribution >= 0.6 is 0 Å². The third-order valence-electron chi connectivity index (χ3n) is 3.95. The Morgan fingerprint density at radius 2 is 2.13 bits per heavy atom. The van der Waals surface area contributed by atoms with E-state index in [0.717, 1.165) is 19.3 Å². The van der Waals surface area contributed by atoms with Crippen LogP contribution in [0, 0.1) is 0 Å². The standard InChI is InChI=1S/C17H21N5O/c23-17(21-11-10-20-16-12-18-8-9-19-16)22-15-7-3-5-13-4-1-2-6-14(13)15/h1-2,4,6,8-9,12,15H,3,5,7,10-11H2,(H,19,20)(H2,21,22,23)/t15-/m0/s1. The van der Waals surface area contributed by atoms with Crippen LogP contribution in [-0.4, -0.2) is 29.1 Å². The summed E-state index contributed by atoms with van der Waals surface area (Å²) in [5.41, 5.74) is 2.58. The molecule has 1 aliphatic rings. The highest BCUT2D eigenvalue weighted by Gasteiger charge is 2.20. The van der Waals surface area contributed by atoms with E-state index in [-0.39, 0.29) is 12.1 Å². The van der Waals surface area contributed by atoms with Crippen molar-refractivity contribution in [3.63, 3.8) is 0 Å². The maximum atomic E-state index is 12.1. The molecule has 0 unspecified atom stereocenters. The number of aromatic nitrogens is 2. The van der Waals surface area contributed by atoms with E-state index in [2.05, 4.69) is 44.1 Å². The minimum atomic E-state index is -0.132. The summed E-state index contributed by atoms with van der Waals surface area (Å²) in [6, 6.07) is 8.31. The van der Waals surface area contributed by atoms with Gasteiger partial charge in [-0.3, -0.25) is 4.98 Å². The van der Waals surface area contributed by atoms with Gasteiger partial charge in [0.2, 0.25) is 0 Å². The Labute approximate surface area is 135 Å². The van der Waals surface area contributed by atoms with E-state index < -0.39 is 0 Å². The monoisotopic (exact) mass is 311 g/mol. The summed E-state index contributed by atoms with van der Waals surface area (Å²) >= 11 is 0. The first kappa shape index (κ1) is 15.3. The third kappa shape index (κ3) is 4.18. The number of benzene rings is 1. The number of fused-ring (bicyclic) bond motifs is 1. The lowest BCUT2D eigenvalue weighted by Crippen LogP contribution is -2.40. The highest BCUT2D eigenvalue weighted by molar-refractivity contribution is 5.74. The number of carbonyl (C=O) groups is 1. The van der Waals surface area contributed by atoms with Crippen LogP contribution < -0.4 is 16.0 Å². The molecule has 2 amide bonds. The van der Waals surface area contributed by atoms with Crippen molar-refractivity contribution >= 4 is 11.8 Å². The molecule has 0 bridgehead atoms. The molecule has 0 fully saturated rings. The lowest BCUT2D eigenvalue weighted by Gasteiger charge is -2.26. The maximum Gasteiger partial charge on any atom is 0.315 e. The second-order valence-corrected chi connectivity index (χ2v) is 5.56. The van der Waals surface area contributed by atoms with E-state index in [1.807, 2.05) is 6.07 Å². The van der Waals surface area contributed by atoms with Gasteiger partial charge in [-0.05, 0) is 30.4 Å². The summed E-state index contributed by atoms with van der Waals surface area (Å²) in [6.45, 7) is 1.13. The van der Waals surface area contributed by atoms with Crippen molar-refractivity contribution in [1.29, 1.82) is 0 Å². The van der Waals surface area contributed by atoms with Gasteiger partial charge in [0.25, 0.3) is 0 Å². The minimum absolute atomic E-state index is 0.105. The predicted molar refractivity (Wildman–Crippen MR) is 89.2 cm³/mol. The Bertz CT molecular complexity index is 646. The lowest BCUT2D eigenvalue weighted by molar-refractivity contribution is 0.236. The zero-order valence-electron chi connectivity index (χ0n) is 13.0. The van der Waals surface area contributed by atoms with Gasteiger partial charge in [0.15, 0.2) is 0 Å². The van der Waals surface area contributed by atoms with Crippen LogP contribution in [0.3, 0.4) is 0 Å². The molecule has 0 aliphatic heterocycles. The molecule has 23 heavy (non-hydrogen) atoms. The fourth-order valence-corrected chi connectivity index (χ4v) is 2.87. The molecule has 0 spiro atoms. The molecule has 2 aromatic rings. The van der Waals surface area contributed by atoms with Crippen molar-refractivity contribution < 1.29 is 4.79 Å². The first-order valence-corrected chi connectivity index (χ1v) is 7.95. The number of hydrogen-bond donors (Lipinski definition) is 3. The van der Waals surface area contributed by atoms with Crippen molar-refractivity contribution in [2.75, 3.05) is 18.4 Å². The Kier molecular flexibility index (Phi) is 5.03. The van der Waals surface area contributed by atoms with Crippen LogP contribution in [0.15, 0.2) is 42.9 Å². The fourth-order valence-electron chi connectivity index (χ4n) is 2.87. The van der Waals surface area contributed by atoms with E-state index in [4.69, 9.17) is 0 Å². The van der Waals surface area contributed by atoms with Crippen LogP contribution in [0.1, 0.15) is 30.0 Å². The van der Waals surface area contributed by atoms with Crippen LogP contribution in [0.2, 0.25) is 0 Å². The zero-order chi connectivity index (χ0) is 15.9. The Balaban J connectivity index is 1.43. The van der Waals surface area contributed by atoms with E-state index in [9.17, 15) is 4.79 Å². The second kappa shape index (κ2) is 7.58. The number of carbonyl (C=O) groups excluding carboxylic acids is 1. The van der Waals surface area contributed by atoms with Crippen molar-refractivity contribution in [3.05, 3.63) is 54.0 Å². The summed E-state index contributed by atoms with van der Waals surface area (Å²) < 4.78 is 0. The second-order valence-electron chi connectivity index (χ2n) is 5.56. The molecule has 1 aromatic carbocycles. The van der Waals surface area contributed by atoms with Crippen LogP contribution in [-0.2, 0) is 6.42 Å². The summed E-state index contributed by atoms with van der Waals surface area (Å²) in [6.07, 6.45) is 8.09. The number of rotatable bonds is 5. The molecule has 0 radical (unpaired) electrons. The van der Waals surface area contributed by atoms with Crippen molar-refractivity contribution in [3.8, 4) is 0 Å². The zero-order valence-corrected chi connectivity index (χ0v) is 13.0. The van der Waals surface area contributed by atoms with Crippen LogP contribution in [0.25, 0.3) is 0 Å². The van der Waals surface area contributed by atoms with E-state index in [1.165, 1.54) is 11.1 Å². The molecule has 0 saturated heterocycles. The molecule has 120 valence electrons. The van der Waals surface area contributed by atoms with Gasteiger partial charge in [-0.15, -0.1) is 0 Å². The van der Waals surface area contributed by atoms with E-state index in [1.54, 1.807) is 18.6 Å². The highest BCUT2D eigenvalue weighted by atomic mass is 16.2. The number of urea groups is 1. The first-order chi connectivity index (χ1) is 11.3. The molecule has 3 rings (SSSR count). The van der Waals surface area contributed by atoms with Crippen molar-refractivity contribution in [2.45, 2.75) is 25.3 Å². The van der Waals surface area contributed by atoms with Gasteiger partial charge >= 0.3 is 6.03 Å². The first-order valence-electron chi connectivity index (χ1n) is 7.95. The van der Waals surface area contributed by atoms with Gasteiger partial charge in [-0.25, -0.2) is 9.78 Å². The fraction of sp³-hybridized carbons (Fsp3) is 0.353. The molecule has 3 N–H and O–H groups in total. The summed E-state index contributed by atoms with van der Waals surface area (Å²) in [7, 11) is 0. The van der Waals surface area contributed by atoms with Gasteiger partial charge in [0.05, 0.1) is 12.2 Å². The van der Waals surface area contributed by atoms with Gasteiger partial charge in [-0.1, -0.05) is 24.3 Å². The average molecular weight is 311 g/mol. The SMILES string of the molecule is O=C(NCCNc1cnccn1)N[C@H]1CCCc2ccccc21. The van der Waals surface area contributed by atoms with Crippen LogP contribution in [0.5, 0.6) is 0 Å². The van der Waals surface area contributed by atoms with Crippen molar-refractivity contribution in [1.82, 2.24) is 20.6 Å². The molecule has 6 heteroatoms. The topological polar surface area (TPSA) is 78.9 Å². The highest BCUT2D eigenvalue weighted by Crippen LogP contribution is 2.29. The Morgan fingerprint density at radius 1 is 1.22 bits per heavy atom. The van der Waals surface area contributed by atoms with Crippen molar-refractivity contribution in [2.24, 2.45) is 0 Å². The summed E-state index contributed by atoms with van der Waals surface area (Å²) in [4.78, 5) is 20.1. The smallest absolute Gasteiger partial charge is 0.315 e. The molecular weight excluding hydrogens is 290 g/mol. The molecule has 1 atom stereocenters. The normalized spacial score (nSPS) is 16.3. The number of aryl methyl sites for hydroxylation is 1. The number of anilines is 1. The Hall–Kier alpha value is -2.63. The number of nitrogens with zero attached hydrogens (tertiary/aromatic N) is 2. The predicted octanol–water partition coefficient (Wildman–Crippen LogP) is 2.27. The molecule has 1 heterocycles. The maximum absolute atomic E-state index is 12.1. The van der Waals surface area contributed by atoms with Crippen LogP contribution in [0.4, 0.5) is 10.6 Å². The lowest BCUT2D eigenvalue weighted by atomic mass is 9.88. The minimum Gasteiger partial charge on any atom is -0.367 e. The third-order valence-corrected chi connectivity index (χ3v) is 3.95. The number of nitrogens with one attached hydrogen (secondary N) is 3. The molecule has 1 aromatic heterocycles. The molecule has 0 saturated carbocycles. The molecule has 1 aliphatic carbocycles. The summed E-state index contributed by atoms with van der Waals surface area (Å²) in [5, 5.41) is 9.04. The van der Waals surface area contributed by atoms with Gasteiger partial charge < -0.3 is 16.0 Å². The largest absolute Gasteiger partial charge is 0.367 e. The van der Waals surface area contributed by atoms with E-state index in [0.29, 0.717) is 18.9 Å². The van der Waals surface area contributed by atoms with Gasteiger partial charge in [-0.2, -0.15) is 0 Å². The van der Waals surface area contributed by atoms with Gasteiger partial charge in [0.1, 0.15) is 5.82 Å². The molecule has 6 nitrogen and oxygen atoms in total. The molecular formula is C17H21N5O. The quantitative estimate of drug-likeness (QED) is 0.740. The average Bonchev–Trinajstić information content (AvgIpc) is 2.60. The van der Waals surface area contributed by atoms with Gasteiger partial charge in [0, 0.05) is 25.5 Å². The number of amides is 2. The number of hydrogen-bond acceptors (Lipinski definition) is 4.